The molecule has 0 aliphatic carbocycles. The number of esters is 1. The van der Waals surface area contributed by atoms with Crippen molar-refractivity contribution >= 4 is 5.97 Å². The first-order chi connectivity index (χ1) is 3.81. The molecule has 0 spiro atoms. The summed E-state index contributed by atoms with van der Waals surface area (Å²) in [5, 5.41) is 0. The summed E-state index contributed by atoms with van der Waals surface area (Å²) in [5.41, 5.74) is 0. The molecule has 0 amide bonds. The predicted octanol–water partition coefficient (Wildman–Crippen LogP) is 1.25. The minimum absolute atomic E-state index is 0.242. The van der Waals surface area contributed by atoms with Crippen LogP contribution in [0.2, 0.25) is 0 Å². The van der Waals surface area contributed by atoms with Gasteiger partial charge in [-0.05, 0) is 0 Å². The third kappa shape index (κ3) is 3.15. The number of carbonyl (C=O) groups excluding carboxylic acids is 1. The van der Waals surface area contributed by atoms with Crippen LogP contribution >= 0.6 is 0 Å². The van der Waals surface area contributed by atoms with E-state index in [2.05, 4.69) is 17.9 Å². The SMILES string of the molecule is C=CCC(=O)OC=C. The van der Waals surface area contributed by atoms with E-state index in [1.165, 1.54) is 6.08 Å². The van der Waals surface area contributed by atoms with Gasteiger partial charge in [-0.1, -0.05) is 12.7 Å². The van der Waals surface area contributed by atoms with Gasteiger partial charge in [0.1, 0.15) is 0 Å². The fourth-order valence-electron chi connectivity index (χ4n) is 0.259. The second-order valence-electron chi connectivity index (χ2n) is 1.15. The van der Waals surface area contributed by atoms with Crippen LogP contribution in [0.4, 0.5) is 0 Å². The lowest BCUT2D eigenvalue weighted by atomic mass is 10.4. The maximum Gasteiger partial charge on any atom is 0.314 e. The quantitative estimate of drug-likeness (QED) is 0.312. The van der Waals surface area contributed by atoms with Gasteiger partial charge in [-0.15, -0.1) is 6.58 Å². The van der Waals surface area contributed by atoms with Gasteiger partial charge in [-0.2, -0.15) is 0 Å². The molecule has 0 bridgehead atoms. The van der Waals surface area contributed by atoms with Crippen LogP contribution in [-0.2, 0) is 9.53 Å². The summed E-state index contributed by atoms with van der Waals surface area (Å²) >= 11 is 0. The normalized spacial score (nSPS) is 7.50. The Labute approximate surface area is 48.5 Å². The summed E-state index contributed by atoms with van der Waals surface area (Å²) in [6.45, 7) is 6.55. The van der Waals surface area contributed by atoms with E-state index in [9.17, 15) is 4.79 Å². The average molecular weight is 112 g/mol. The van der Waals surface area contributed by atoms with E-state index in [1.807, 2.05) is 0 Å². The smallest absolute Gasteiger partial charge is 0.314 e. The molecule has 0 saturated carbocycles. The van der Waals surface area contributed by atoms with Gasteiger partial charge in [0.25, 0.3) is 0 Å². The van der Waals surface area contributed by atoms with Crippen molar-refractivity contribution in [3.05, 3.63) is 25.5 Å². The lowest BCUT2D eigenvalue weighted by Gasteiger charge is -1.89. The predicted molar refractivity (Wildman–Crippen MR) is 31.1 cm³/mol. The molecule has 0 aliphatic rings. The monoisotopic (exact) mass is 112 g/mol. The van der Waals surface area contributed by atoms with Gasteiger partial charge in [0, 0.05) is 0 Å². The average Bonchev–Trinajstić information content (AvgIpc) is 1.68. The topological polar surface area (TPSA) is 26.3 Å². The number of hydrogen-bond acceptors (Lipinski definition) is 2. The number of rotatable bonds is 3. The van der Waals surface area contributed by atoms with Crippen LogP contribution in [0.15, 0.2) is 25.5 Å². The van der Waals surface area contributed by atoms with Crippen LogP contribution in [0.1, 0.15) is 6.42 Å². The van der Waals surface area contributed by atoms with Crippen LogP contribution in [0.3, 0.4) is 0 Å². The molecule has 0 aromatic rings. The highest BCUT2D eigenvalue weighted by molar-refractivity contribution is 5.71. The second kappa shape index (κ2) is 4.12. The Morgan fingerprint density at radius 1 is 1.62 bits per heavy atom. The molecule has 0 fully saturated rings. The van der Waals surface area contributed by atoms with E-state index in [0.717, 1.165) is 6.26 Å². The summed E-state index contributed by atoms with van der Waals surface area (Å²) in [5.74, 6) is -0.324. The van der Waals surface area contributed by atoms with Gasteiger partial charge in [-0.3, -0.25) is 4.79 Å². The zero-order chi connectivity index (χ0) is 6.41. The third-order valence-electron chi connectivity index (χ3n) is 0.526. The number of carbonyl (C=O) groups is 1. The van der Waals surface area contributed by atoms with Crippen molar-refractivity contribution in [2.45, 2.75) is 6.42 Å². The minimum atomic E-state index is -0.324. The molecule has 0 unspecified atom stereocenters. The van der Waals surface area contributed by atoms with Gasteiger partial charge in [0.05, 0.1) is 12.7 Å². The number of hydrogen-bond donors (Lipinski definition) is 0. The van der Waals surface area contributed by atoms with Crippen molar-refractivity contribution in [2.24, 2.45) is 0 Å². The van der Waals surface area contributed by atoms with E-state index < -0.39 is 0 Å². The van der Waals surface area contributed by atoms with E-state index in [4.69, 9.17) is 0 Å². The fourth-order valence-corrected chi connectivity index (χ4v) is 0.259. The molecule has 0 N–H and O–H groups in total. The minimum Gasteiger partial charge on any atom is -0.435 e. The van der Waals surface area contributed by atoms with E-state index in [1.54, 1.807) is 0 Å². The number of ether oxygens (including phenoxy) is 1. The van der Waals surface area contributed by atoms with Crippen molar-refractivity contribution in [1.29, 1.82) is 0 Å². The van der Waals surface area contributed by atoms with Crippen molar-refractivity contribution < 1.29 is 9.53 Å². The van der Waals surface area contributed by atoms with Crippen molar-refractivity contribution in [3.63, 3.8) is 0 Å². The fraction of sp³-hybridized carbons (Fsp3) is 0.167. The Hall–Kier alpha value is -1.05. The van der Waals surface area contributed by atoms with Gasteiger partial charge in [0.2, 0.25) is 0 Å². The molecule has 0 aromatic heterocycles. The Balaban J connectivity index is 3.32. The van der Waals surface area contributed by atoms with Crippen LogP contribution in [0, 0.1) is 0 Å². The third-order valence-corrected chi connectivity index (χ3v) is 0.526. The van der Waals surface area contributed by atoms with E-state index in [0.29, 0.717) is 0 Å². The molecule has 8 heavy (non-hydrogen) atoms. The molecular formula is C6H8O2. The molecule has 0 atom stereocenters. The van der Waals surface area contributed by atoms with Gasteiger partial charge in [0.15, 0.2) is 0 Å². The molecule has 0 saturated heterocycles. The molecular weight excluding hydrogens is 104 g/mol. The maximum absolute atomic E-state index is 10.3. The molecule has 0 aromatic carbocycles. The van der Waals surface area contributed by atoms with E-state index >= 15 is 0 Å². The van der Waals surface area contributed by atoms with Gasteiger partial charge in [-0.25, -0.2) is 0 Å². The molecule has 0 heterocycles. The first-order valence-corrected chi connectivity index (χ1v) is 2.22. The molecule has 0 rings (SSSR count). The maximum atomic E-state index is 10.3. The zero-order valence-corrected chi connectivity index (χ0v) is 4.59. The van der Waals surface area contributed by atoms with Crippen LogP contribution in [0.5, 0.6) is 0 Å². The summed E-state index contributed by atoms with van der Waals surface area (Å²) < 4.78 is 4.34. The molecule has 0 radical (unpaired) electrons. The first kappa shape index (κ1) is 6.95. The highest BCUT2D eigenvalue weighted by Gasteiger charge is 1.92. The summed E-state index contributed by atoms with van der Waals surface area (Å²) in [6, 6.07) is 0. The van der Waals surface area contributed by atoms with Crippen LogP contribution in [0.25, 0.3) is 0 Å². The van der Waals surface area contributed by atoms with Crippen molar-refractivity contribution in [3.8, 4) is 0 Å². The first-order valence-electron chi connectivity index (χ1n) is 2.22. The Kier molecular flexibility index (Phi) is 3.58. The summed E-state index contributed by atoms with van der Waals surface area (Å²) in [6.07, 6.45) is 2.82. The Bertz CT molecular complexity index is 93.1. The van der Waals surface area contributed by atoms with Crippen LogP contribution < -0.4 is 0 Å². The standard InChI is InChI=1S/C6H8O2/c1-3-5-6(7)8-4-2/h3-4H,1-2,5H2. The largest absolute Gasteiger partial charge is 0.435 e. The summed E-state index contributed by atoms with van der Waals surface area (Å²) in [7, 11) is 0. The van der Waals surface area contributed by atoms with Crippen molar-refractivity contribution in [1.82, 2.24) is 0 Å². The zero-order valence-electron chi connectivity index (χ0n) is 4.59. The lowest BCUT2D eigenvalue weighted by Crippen LogP contribution is -1.95. The van der Waals surface area contributed by atoms with Gasteiger partial charge >= 0.3 is 5.97 Å². The lowest BCUT2D eigenvalue weighted by molar-refractivity contribution is -0.136. The molecule has 0 aliphatic heterocycles. The molecule has 2 heteroatoms. The Morgan fingerprint density at radius 3 is 2.62 bits per heavy atom. The van der Waals surface area contributed by atoms with Crippen molar-refractivity contribution in [2.75, 3.05) is 0 Å². The highest BCUT2D eigenvalue weighted by atomic mass is 16.5. The van der Waals surface area contributed by atoms with Crippen LogP contribution in [-0.4, -0.2) is 5.97 Å². The Morgan fingerprint density at radius 2 is 2.25 bits per heavy atom. The molecule has 44 valence electrons. The highest BCUT2D eigenvalue weighted by Crippen LogP contribution is 1.84. The summed E-state index contributed by atoms with van der Waals surface area (Å²) in [4.78, 5) is 10.3. The second-order valence-corrected chi connectivity index (χ2v) is 1.15. The van der Waals surface area contributed by atoms with E-state index in [-0.39, 0.29) is 12.4 Å². The van der Waals surface area contributed by atoms with Gasteiger partial charge < -0.3 is 4.74 Å². The molecule has 2 nitrogen and oxygen atoms in total.